The van der Waals surface area contributed by atoms with Crippen molar-refractivity contribution in [3.63, 3.8) is 0 Å². The fourth-order valence-electron chi connectivity index (χ4n) is 3.22. The number of hydrogen-bond acceptors (Lipinski definition) is 7. The first-order valence-electron chi connectivity index (χ1n) is 11.2. The summed E-state index contributed by atoms with van der Waals surface area (Å²) in [5.74, 6) is 0.920. The number of rotatable bonds is 11. The Morgan fingerprint density at radius 2 is 1.76 bits per heavy atom. The molecule has 0 aliphatic carbocycles. The third kappa shape index (κ3) is 8.08. The highest BCUT2D eigenvalue weighted by atomic mass is 79.9. The molecule has 3 aromatic carbocycles. The molecule has 2 amide bonds. The Bertz CT molecular complexity index is 1320. The van der Waals surface area contributed by atoms with Gasteiger partial charge < -0.3 is 19.5 Å². The molecule has 37 heavy (non-hydrogen) atoms. The van der Waals surface area contributed by atoms with Crippen LogP contribution in [0.3, 0.4) is 0 Å². The quantitative estimate of drug-likeness (QED) is 0.255. The monoisotopic (exact) mass is 564 g/mol. The summed E-state index contributed by atoms with van der Waals surface area (Å²) in [6.07, 6.45) is 1.44. The molecule has 3 aromatic rings. The van der Waals surface area contributed by atoms with Crippen molar-refractivity contribution in [1.82, 2.24) is 5.43 Å². The van der Waals surface area contributed by atoms with E-state index in [1.165, 1.54) is 13.3 Å². The van der Waals surface area contributed by atoms with Gasteiger partial charge in [-0.2, -0.15) is 10.4 Å². The highest BCUT2D eigenvalue weighted by Crippen LogP contribution is 2.37. The third-order valence-electron chi connectivity index (χ3n) is 5.12. The number of anilines is 1. The van der Waals surface area contributed by atoms with Gasteiger partial charge >= 0.3 is 0 Å². The summed E-state index contributed by atoms with van der Waals surface area (Å²) in [6.45, 7) is 0.189. The van der Waals surface area contributed by atoms with Gasteiger partial charge in [-0.25, -0.2) is 5.43 Å². The van der Waals surface area contributed by atoms with E-state index >= 15 is 0 Å². The second-order valence-electron chi connectivity index (χ2n) is 7.66. The van der Waals surface area contributed by atoms with Gasteiger partial charge in [0.25, 0.3) is 0 Å². The molecule has 9 nitrogen and oxygen atoms in total. The number of amides is 2. The molecule has 0 radical (unpaired) electrons. The summed E-state index contributed by atoms with van der Waals surface area (Å²) in [7, 11) is 3.07. The number of nitrogens with one attached hydrogen (secondary N) is 2. The normalized spacial score (nSPS) is 10.4. The predicted molar refractivity (Wildman–Crippen MR) is 143 cm³/mol. The maximum atomic E-state index is 12.1. The molecule has 0 aromatic heterocycles. The SMILES string of the molecule is COc1ccc(NC(=O)CCC(=O)NN=Cc2cc(Br)c(OCc3ccccc3C#N)c(OC)c2)cc1. The smallest absolute Gasteiger partial charge is 0.240 e. The highest BCUT2D eigenvalue weighted by molar-refractivity contribution is 9.10. The second-order valence-corrected chi connectivity index (χ2v) is 8.52. The summed E-state index contributed by atoms with van der Waals surface area (Å²) < 4.78 is 17.1. The van der Waals surface area contributed by atoms with Crippen molar-refractivity contribution in [2.45, 2.75) is 19.4 Å². The molecule has 0 aliphatic rings. The molecule has 3 rings (SSSR count). The maximum absolute atomic E-state index is 12.1. The Morgan fingerprint density at radius 3 is 2.46 bits per heavy atom. The molecule has 0 bridgehead atoms. The molecule has 0 atom stereocenters. The number of methoxy groups -OCH3 is 2. The van der Waals surface area contributed by atoms with Crippen LogP contribution in [0.5, 0.6) is 17.2 Å². The van der Waals surface area contributed by atoms with Crippen LogP contribution in [0, 0.1) is 11.3 Å². The number of halogens is 1. The summed E-state index contributed by atoms with van der Waals surface area (Å²) >= 11 is 3.47. The molecule has 0 saturated heterocycles. The molecule has 0 heterocycles. The maximum Gasteiger partial charge on any atom is 0.240 e. The first-order valence-corrected chi connectivity index (χ1v) is 12.0. The number of nitrogens with zero attached hydrogens (tertiary/aromatic N) is 2. The highest BCUT2D eigenvalue weighted by Gasteiger charge is 2.13. The number of carbonyl (C=O) groups is 2. The lowest BCUT2D eigenvalue weighted by Crippen LogP contribution is -2.20. The van der Waals surface area contributed by atoms with Crippen LogP contribution in [-0.4, -0.2) is 32.2 Å². The second kappa shape index (κ2) is 13.7. The predicted octanol–water partition coefficient (Wildman–Crippen LogP) is 4.79. The molecular formula is C27H25BrN4O5. The van der Waals surface area contributed by atoms with Gasteiger partial charge in [0.15, 0.2) is 11.5 Å². The zero-order valence-corrected chi connectivity index (χ0v) is 21.9. The summed E-state index contributed by atoms with van der Waals surface area (Å²) in [4.78, 5) is 24.2. The van der Waals surface area contributed by atoms with Crippen molar-refractivity contribution < 1.29 is 23.8 Å². The molecule has 0 spiro atoms. The third-order valence-corrected chi connectivity index (χ3v) is 5.71. The van der Waals surface area contributed by atoms with Crippen molar-refractivity contribution in [2.75, 3.05) is 19.5 Å². The first kappa shape index (κ1) is 27.2. The van der Waals surface area contributed by atoms with E-state index in [0.717, 1.165) is 5.56 Å². The van der Waals surface area contributed by atoms with Gasteiger partial charge in [-0.1, -0.05) is 18.2 Å². The Kier molecular flexibility index (Phi) is 10.0. The van der Waals surface area contributed by atoms with Crippen LogP contribution in [-0.2, 0) is 16.2 Å². The van der Waals surface area contributed by atoms with E-state index in [1.807, 2.05) is 12.1 Å². The van der Waals surface area contributed by atoms with Gasteiger partial charge in [-0.15, -0.1) is 0 Å². The Morgan fingerprint density at radius 1 is 1.03 bits per heavy atom. The molecule has 2 N–H and O–H groups in total. The molecule has 10 heteroatoms. The van der Waals surface area contributed by atoms with Crippen molar-refractivity contribution >= 4 is 39.6 Å². The number of carbonyl (C=O) groups excluding carboxylic acids is 2. The van der Waals surface area contributed by atoms with Crippen LogP contribution >= 0.6 is 15.9 Å². The zero-order chi connectivity index (χ0) is 26.6. The summed E-state index contributed by atoms with van der Waals surface area (Å²) in [5.41, 5.74) is 4.96. The minimum absolute atomic E-state index is 0.00766. The Balaban J connectivity index is 1.52. The van der Waals surface area contributed by atoms with E-state index in [-0.39, 0.29) is 25.4 Å². The number of benzene rings is 3. The number of hydrogen-bond donors (Lipinski definition) is 2. The van der Waals surface area contributed by atoms with Gasteiger partial charge in [0.05, 0.1) is 36.5 Å². The van der Waals surface area contributed by atoms with Crippen LogP contribution in [0.1, 0.15) is 29.5 Å². The van der Waals surface area contributed by atoms with Gasteiger partial charge in [0.2, 0.25) is 11.8 Å². The van der Waals surface area contributed by atoms with E-state index < -0.39 is 5.91 Å². The van der Waals surface area contributed by atoms with Gasteiger partial charge in [-0.05, 0) is 64.0 Å². The Labute approximate surface area is 223 Å². The lowest BCUT2D eigenvalue weighted by atomic mass is 10.1. The molecular weight excluding hydrogens is 540 g/mol. The molecule has 0 fully saturated rings. The van der Waals surface area contributed by atoms with Crippen LogP contribution < -0.4 is 25.0 Å². The van der Waals surface area contributed by atoms with Crippen molar-refractivity contribution in [2.24, 2.45) is 5.10 Å². The molecule has 0 aliphatic heterocycles. The molecule has 190 valence electrons. The minimum Gasteiger partial charge on any atom is -0.497 e. The van der Waals surface area contributed by atoms with E-state index in [1.54, 1.807) is 55.6 Å². The van der Waals surface area contributed by atoms with E-state index in [2.05, 4.69) is 37.8 Å². The lowest BCUT2D eigenvalue weighted by Gasteiger charge is -2.14. The molecule has 0 unspecified atom stereocenters. The van der Waals surface area contributed by atoms with Gasteiger partial charge in [0.1, 0.15) is 12.4 Å². The fourth-order valence-corrected chi connectivity index (χ4v) is 3.79. The van der Waals surface area contributed by atoms with Crippen molar-refractivity contribution in [1.29, 1.82) is 5.26 Å². The molecule has 0 saturated carbocycles. The van der Waals surface area contributed by atoms with E-state index in [4.69, 9.17) is 14.2 Å². The lowest BCUT2D eigenvalue weighted by molar-refractivity contribution is -0.124. The average molecular weight is 565 g/mol. The number of hydrazone groups is 1. The van der Waals surface area contributed by atoms with Crippen molar-refractivity contribution in [3.05, 3.63) is 81.8 Å². The largest absolute Gasteiger partial charge is 0.497 e. The Hall–Kier alpha value is -4.36. The zero-order valence-electron chi connectivity index (χ0n) is 20.3. The van der Waals surface area contributed by atoms with Crippen molar-refractivity contribution in [3.8, 4) is 23.3 Å². The number of nitriles is 1. The fraction of sp³-hybridized carbons (Fsp3) is 0.185. The van der Waals surface area contributed by atoms with Crippen LogP contribution in [0.15, 0.2) is 70.2 Å². The van der Waals surface area contributed by atoms with Crippen LogP contribution in [0.2, 0.25) is 0 Å². The van der Waals surface area contributed by atoms with Gasteiger partial charge in [-0.3, -0.25) is 9.59 Å². The standard InChI is InChI=1S/C27H25BrN4O5/c1-35-22-9-7-21(8-10-22)31-25(33)11-12-26(34)32-30-16-18-13-23(28)27(24(14-18)36-2)37-17-20-6-4-3-5-19(20)15-29/h3-10,13-14,16H,11-12,17H2,1-2H3,(H,31,33)(H,32,34). The average Bonchev–Trinajstić information content (AvgIpc) is 2.91. The topological polar surface area (TPSA) is 122 Å². The number of ether oxygens (including phenoxy) is 3. The van der Waals surface area contributed by atoms with E-state index in [9.17, 15) is 14.9 Å². The van der Waals surface area contributed by atoms with Crippen LogP contribution in [0.25, 0.3) is 0 Å². The van der Waals surface area contributed by atoms with E-state index in [0.29, 0.717) is 38.5 Å². The minimum atomic E-state index is -0.400. The summed E-state index contributed by atoms with van der Waals surface area (Å²) in [5, 5.41) is 15.9. The van der Waals surface area contributed by atoms with Gasteiger partial charge in [0, 0.05) is 24.1 Å². The first-order chi connectivity index (χ1) is 17.9. The summed E-state index contributed by atoms with van der Waals surface area (Å²) in [6, 6.07) is 19.7. The van der Waals surface area contributed by atoms with Crippen LogP contribution in [0.4, 0.5) is 5.69 Å².